The average Bonchev–Trinajstić information content (AvgIpc) is 2.92. The van der Waals surface area contributed by atoms with Gasteiger partial charge in [0.1, 0.15) is 18.8 Å². The Labute approximate surface area is 223 Å². The zero-order valence-corrected chi connectivity index (χ0v) is 22.9. The van der Waals surface area contributed by atoms with Gasteiger partial charge in [-0.25, -0.2) is 4.79 Å². The molecule has 0 aliphatic carbocycles. The van der Waals surface area contributed by atoms with Crippen molar-refractivity contribution in [2.24, 2.45) is 0 Å². The molecule has 16 heteroatoms. The number of aliphatic hydroxyl groups is 3. The van der Waals surface area contributed by atoms with Gasteiger partial charge in [0.2, 0.25) is 0 Å². The van der Waals surface area contributed by atoms with Crippen molar-refractivity contribution in [1.29, 1.82) is 0 Å². The van der Waals surface area contributed by atoms with Crippen LogP contribution in [0.25, 0.3) is 0 Å². The molecule has 0 spiro atoms. The molecular formula is C22H44NO14S+. The Kier molecular flexibility index (Phi) is 16.9. The number of ether oxygens (including phenoxy) is 6. The average molecular weight is 579 g/mol. The van der Waals surface area contributed by atoms with Crippen LogP contribution in [0.1, 0.15) is 12.8 Å². The number of hydrogen-bond acceptors (Lipinski definition) is 12. The third kappa shape index (κ3) is 16.2. The van der Waals surface area contributed by atoms with Gasteiger partial charge in [0.25, 0.3) is 10.1 Å². The molecule has 226 valence electrons. The van der Waals surface area contributed by atoms with Crippen LogP contribution in [0.15, 0.2) is 0 Å². The van der Waals surface area contributed by atoms with E-state index in [2.05, 4.69) is 0 Å². The maximum atomic E-state index is 11.1. The summed E-state index contributed by atoms with van der Waals surface area (Å²) in [7, 11) is -0.00259. The Morgan fingerprint density at radius 3 is 1.87 bits per heavy atom. The monoisotopic (exact) mass is 578 g/mol. The molecular weight excluding hydrogens is 534 g/mol. The van der Waals surface area contributed by atoms with Gasteiger partial charge in [-0.1, -0.05) is 0 Å². The van der Waals surface area contributed by atoms with Gasteiger partial charge in [-0.2, -0.15) is 8.42 Å². The van der Waals surface area contributed by atoms with Crippen LogP contribution in [0.3, 0.4) is 0 Å². The lowest BCUT2D eigenvalue weighted by Gasteiger charge is -2.29. The summed E-state index contributed by atoms with van der Waals surface area (Å²) in [6.07, 6.45) is -7.32. The van der Waals surface area contributed by atoms with Crippen LogP contribution in [0.2, 0.25) is 0 Å². The minimum atomic E-state index is -3.93. The van der Waals surface area contributed by atoms with Crippen molar-refractivity contribution < 1.29 is 71.1 Å². The number of quaternary nitrogens is 1. The van der Waals surface area contributed by atoms with Crippen molar-refractivity contribution in [3.05, 3.63) is 0 Å². The molecule has 0 aromatic rings. The van der Waals surface area contributed by atoms with Gasteiger partial charge >= 0.3 is 5.97 Å². The van der Waals surface area contributed by atoms with E-state index >= 15 is 0 Å². The van der Waals surface area contributed by atoms with E-state index < -0.39 is 46.8 Å². The first-order chi connectivity index (χ1) is 17.8. The number of carboxylic acids is 1. The molecule has 0 radical (unpaired) electrons. The molecule has 1 saturated heterocycles. The summed E-state index contributed by atoms with van der Waals surface area (Å²) in [6.45, 7) is 4.21. The fourth-order valence-corrected chi connectivity index (χ4v) is 3.98. The molecule has 5 N–H and O–H groups in total. The predicted octanol–water partition coefficient (Wildman–Crippen LogP) is -2.29. The zero-order chi connectivity index (χ0) is 28.6. The summed E-state index contributed by atoms with van der Waals surface area (Å²) >= 11 is 0. The third-order valence-corrected chi connectivity index (χ3v) is 6.51. The summed E-state index contributed by atoms with van der Waals surface area (Å²) in [6, 6.07) is 0. The van der Waals surface area contributed by atoms with Gasteiger partial charge < -0.3 is 53.3 Å². The van der Waals surface area contributed by atoms with Crippen LogP contribution in [-0.2, 0) is 43.3 Å². The van der Waals surface area contributed by atoms with Gasteiger partial charge in [0.05, 0.1) is 92.0 Å². The van der Waals surface area contributed by atoms with Gasteiger partial charge in [-0.3, -0.25) is 4.55 Å². The SMILES string of the molecule is C[N+](C)(CCCS(=O)(=O)O)CCOCCOCCOCCOCCOC1CC(O)C(O)C(C(=O)O)OC1O. The maximum absolute atomic E-state index is 11.1. The highest BCUT2D eigenvalue weighted by molar-refractivity contribution is 7.85. The summed E-state index contributed by atoms with van der Waals surface area (Å²) in [5, 5.41) is 38.6. The first-order valence-electron chi connectivity index (χ1n) is 12.4. The number of likely N-dealkylation sites (N-methyl/N-ethyl adjacent to an activating group) is 1. The second-order valence-corrected chi connectivity index (χ2v) is 11.0. The molecule has 38 heavy (non-hydrogen) atoms. The highest BCUT2D eigenvalue weighted by atomic mass is 32.2. The predicted molar refractivity (Wildman–Crippen MR) is 131 cm³/mol. The number of aliphatic hydroxyl groups excluding tert-OH is 3. The number of nitrogens with zero attached hydrogens (tertiary/aromatic N) is 1. The second-order valence-electron chi connectivity index (χ2n) is 9.46. The van der Waals surface area contributed by atoms with Gasteiger partial charge in [0, 0.05) is 12.8 Å². The summed E-state index contributed by atoms with van der Waals surface area (Å²) in [5.74, 6) is -1.74. The van der Waals surface area contributed by atoms with E-state index in [9.17, 15) is 28.5 Å². The summed E-state index contributed by atoms with van der Waals surface area (Å²) < 4.78 is 62.9. The first kappa shape index (κ1) is 35.0. The van der Waals surface area contributed by atoms with Crippen LogP contribution < -0.4 is 0 Å². The molecule has 0 amide bonds. The molecule has 5 atom stereocenters. The number of carbonyl (C=O) groups is 1. The summed E-state index contributed by atoms with van der Waals surface area (Å²) in [5.41, 5.74) is 0. The number of aliphatic carboxylic acids is 1. The van der Waals surface area contributed by atoms with Crippen molar-refractivity contribution in [1.82, 2.24) is 0 Å². The van der Waals surface area contributed by atoms with Crippen molar-refractivity contribution in [3.63, 3.8) is 0 Å². The fraction of sp³-hybridized carbons (Fsp3) is 0.955. The van der Waals surface area contributed by atoms with E-state index in [1.807, 2.05) is 14.1 Å². The van der Waals surface area contributed by atoms with E-state index in [1.165, 1.54) is 0 Å². The van der Waals surface area contributed by atoms with Crippen molar-refractivity contribution >= 4 is 16.1 Å². The molecule has 0 aromatic carbocycles. The lowest BCUT2D eigenvalue weighted by molar-refractivity contribution is -0.890. The lowest BCUT2D eigenvalue weighted by Crippen LogP contribution is -2.43. The topological polar surface area (TPSA) is 208 Å². The number of hydrogen-bond donors (Lipinski definition) is 5. The Morgan fingerprint density at radius 2 is 1.37 bits per heavy atom. The zero-order valence-electron chi connectivity index (χ0n) is 22.1. The van der Waals surface area contributed by atoms with Gasteiger partial charge in [-0.05, 0) is 0 Å². The molecule has 15 nitrogen and oxygen atoms in total. The molecule has 0 bridgehead atoms. The van der Waals surface area contributed by atoms with Crippen molar-refractivity contribution in [3.8, 4) is 0 Å². The van der Waals surface area contributed by atoms with Crippen LogP contribution in [0.4, 0.5) is 0 Å². The largest absolute Gasteiger partial charge is 0.479 e. The first-order valence-corrected chi connectivity index (χ1v) is 14.1. The molecule has 0 aromatic heterocycles. The fourth-order valence-electron chi connectivity index (χ4n) is 3.49. The number of rotatable bonds is 21. The maximum Gasteiger partial charge on any atom is 0.335 e. The van der Waals surface area contributed by atoms with E-state index in [0.29, 0.717) is 63.6 Å². The standard InChI is InChI=1S/C22H43NO14S/c1-23(2,4-3-15-38(29,30)31)5-6-32-7-8-33-9-10-34-11-12-35-13-14-36-18-16-17(24)19(25)20(21(26)27)37-22(18)28/h17-20,22,24-25,28H,3-16H2,1-2H3,(H-,26,27,29,30,31)/p+1. The minimum Gasteiger partial charge on any atom is -0.479 e. The van der Waals surface area contributed by atoms with E-state index in [-0.39, 0.29) is 32.0 Å². The molecule has 1 rings (SSSR count). The Hall–Kier alpha value is -1.02. The molecule has 1 fully saturated rings. The molecule has 1 heterocycles. The van der Waals surface area contributed by atoms with Gasteiger partial charge in [-0.15, -0.1) is 0 Å². The molecule has 5 unspecified atom stereocenters. The normalized spacial score (nSPS) is 24.8. The number of carboxylic acid groups (broad SMARTS) is 1. The van der Waals surface area contributed by atoms with E-state index in [1.54, 1.807) is 0 Å². The molecule has 0 saturated carbocycles. The second kappa shape index (κ2) is 18.4. The van der Waals surface area contributed by atoms with Crippen molar-refractivity contribution in [2.45, 2.75) is 43.5 Å². The van der Waals surface area contributed by atoms with E-state index in [4.69, 9.17) is 38.1 Å². The summed E-state index contributed by atoms with van der Waals surface area (Å²) in [4.78, 5) is 11.1. The van der Waals surface area contributed by atoms with Gasteiger partial charge in [0.15, 0.2) is 12.4 Å². The van der Waals surface area contributed by atoms with Crippen LogP contribution in [-0.4, -0.2) is 167 Å². The Morgan fingerprint density at radius 1 is 0.868 bits per heavy atom. The van der Waals surface area contributed by atoms with Crippen LogP contribution in [0.5, 0.6) is 0 Å². The van der Waals surface area contributed by atoms with Crippen molar-refractivity contribution in [2.75, 3.05) is 92.4 Å². The Bertz CT molecular complexity index is 752. The quantitative estimate of drug-likeness (QED) is 0.0552. The Balaban J connectivity index is 1.95. The van der Waals surface area contributed by atoms with Crippen LogP contribution >= 0.6 is 0 Å². The molecule has 1 aliphatic heterocycles. The third-order valence-electron chi connectivity index (χ3n) is 5.71. The molecule has 1 aliphatic rings. The van der Waals surface area contributed by atoms with E-state index in [0.717, 1.165) is 0 Å². The smallest absolute Gasteiger partial charge is 0.335 e. The highest BCUT2D eigenvalue weighted by Crippen LogP contribution is 2.21. The lowest BCUT2D eigenvalue weighted by atomic mass is 10.0. The van der Waals surface area contributed by atoms with Crippen LogP contribution in [0, 0.1) is 0 Å². The minimum absolute atomic E-state index is 0.0510. The highest BCUT2D eigenvalue weighted by Gasteiger charge is 2.42.